The summed E-state index contributed by atoms with van der Waals surface area (Å²) in [5.41, 5.74) is 0.898. The van der Waals surface area contributed by atoms with Gasteiger partial charge in [-0.2, -0.15) is 0 Å². The predicted molar refractivity (Wildman–Crippen MR) is 65.0 cm³/mol. The van der Waals surface area contributed by atoms with Gasteiger partial charge in [-0.3, -0.25) is 4.79 Å². The summed E-state index contributed by atoms with van der Waals surface area (Å²) in [6.07, 6.45) is 1.87. The molecule has 1 heterocycles. The number of H-pyrrole nitrogens is 1. The zero-order chi connectivity index (χ0) is 12.2. The molecule has 1 amide bonds. The Morgan fingerprint density at radius 2 is 2.19 bits per heavy atom. The quantitative estimate of drug-likeness (QED) is 0.723. The van der Waals surface area contributed by atoms with Crippen LogP contribution in [0.1, 0.15) is 33.4 Å². The topological polar surface area (TPSA) is 56.9 Å². The van der Waals surface area contributed by atoms with Crippen LogP contribution >= 0.6 is 0 Å². The van der Waals surface area contributed by atoms with E-state index >= 15 is 0 Å². The Morgan fingerprint density at radius 3 is 2.69 bits per heavy atom. The molecular formula is C12H21N3O. The number of carbonyl (C=O) groups is 1. The van der Waals surface area contributed by atoms with Gasteiger partial charge in [-0.1, -0.05) is 0 Å². The lowest BCUT2D eigenvalue weighted by Gasteiger charge is -2.23. The number of rotatable bonds is 4. The first kappa shape index (κ1) is 12.8. The van der Waals surface area contributed by atoms with Gasteiger partial charge in [-0.15, -0.1) is 0 Å². The van der Waals surface area contributed by atoms with E-state index < -0.39 is 0 Å². The van der Waals surface area contributed by atoms with Crippen molar-refractivity contribution in [2.24, 2.45) is 0 Å². The minimum absolute atomic E-state index is 0.0269. The van der Waals surface area contributed by atoms with Crippen LogP contribution in [0.3, 0.4) is 0 Å². The van der Waals surface area contributed by atoms with Gasteiger partial charge in [0.15, 0.2) is 0 Å². The van der Waals surface area contributed by atoms with Gasteiger partial charge in [-0.05, 0) is 39.8 Å². The van der Waals surface area contributed by atoms with Crippen LogP contribution in [0.5, 0.6) is 0 Å². The van der Waals surface area contributed by atoms with Gasteiger partial charge in [0, 0.05) is 24.0 Å². The molecule has 1 aromatic rings. The van der Waals surface area contributed by atoms with Crippen molar-refractivity contribution in [3.63, 3.8) is 0 Å². The third-order valence-corrected chi connectivity index (χ3v) is 2.15. The van der Waals surface area contributed by atoms with E-state index in [0.717, 1.165) is 5.69 Å². The molecule has 0 saturated heterocycles. The number of aromatic nitrogens is 1. The van der Waals surface area contributed by atoms with E-state index in [9.17, 15) is 4.79 Å². The van der Waals surface area contributed by atoms with Crippen molar-refractivity contribution >= 4 is 5.91 Å². The van der Waals surface area contributed by atoms with Crippen LogP contribution in [0.15, 0.2) is 18.3 Å². The first-order valence-electron chi connectivity index (χ1n) is 5.56. The predicted octanol–water partition coefficient (Wildman–Crippen LogP) is 1.41. The van der Waals surface area contributed by atoms with Crippen LogP contribution in [-0.2, 0) is 11.3 Å². The summed E-state index contributed by atoms with van der Waals surface area (Å²) in [5.74, 6) is 0.0269. The number of aromatic amines is 1. The Bertz CT molecular complexity index is 325. The molecule has 90 valence electrons. The van der Waals surface area contributed by atoms with Crippen molar-refractivity contribution in [1.82, 2.24) is 15.6 Å². The second-order valence-electron chi connectivity index (χ2n) is 5.04. The fraction of sp³-hybridized carbons (Fsp3) is 0.583. The highest BCUT2D eigenvalue weighted by molar-refractivity contribution is 5.81. The molecular weight excluding hydrogens is 202 g/mol. The third kappa shape index (κ3) is 4.49. The fourth-order valence-electron chi connectivity index (χ4n) is 1.31. The molecule has 1 aromatic heterocycles. The molecule has 1 rings (SSSR count). The van der Waals surface area contributed by atoms with Gasteiger partial charge in [0.05, 0.1) is 6.04 Å². The molecule has 3 N–H and O–H groups in total. The highest BCUT2D eigenvalue weighted by atomic mass is 16.2. The Labute approximate surface area is 96.8 Å². The average Bonchev–Trinajstić information content (AvgIpc) is 2.63. The van der Waals surface area contributed by atoms with Crippen molar-refractivity contribution < 1.29 is 4.79 Å². The maximum Gasteiger partial charge on any atom is 0.237 e. The van der Waals surface area contributed by atoms with Gasteiger partial charge in [0.2, 0.25) is 5.91 Å². The Kier molecular flexibility index (Phi) is 4.12. The van der Waals surface area contributed by atoms with Gasteiger partial charge in [-0.25, -0.2) is 0 Å². The maximum absolute atomic E-state index is 11.7. The normalized spacial score (nSPS) is 13.5. The SMILES string of the molecule is CC(NCc1ccc[nH]1)C(=O)NC(C)(C)C. The number of hydrogen-bond acceptors (Lipinski definition) is 2. The summed E-state index contributed by atoms with van der Waals surface area (Å²) in [4.78, 5) is 14.8. The molecule has 0 saturated carbocycles. The smallest absolute Gasteiger partial charge is 0.237 e. The van der Waals surface area contributed by atoms with Crippen LogP contribution in [0.4, 0.5) is 0 Å². The van der Waals surface area contributed by atoms with Crippen molar-refractivity contribution in [3.05, 3.63) is 24.0 Å². The molecule has 0 aliphatic rings. The summed E-state index contributed by atoms with van der Waals surface area (Å²) in [6.45, 7) is 8.46. The van der Waals surface area contributed by atoms with Gasteiger partial charge >= 0.3 is 0 Å². The van der Waals surface area contributed by atoms with Crippen molar-refractivity contribution in [1.29, 1.82) is 0 Å². The number of amides is 1. The molecule has 4 nitrogen and oxygen atoms in total. The summed E-state index contributed by atoms with van der Waals surface area (Å²) in [5, 5.41) is 6.10. The lowest BCUT2D eigenvalue weighted by Crippen LogP contribution is -2.49. The lowest BCUT2D eigenvalue weighted by molar-refractivity contribution is -0.124. The van der Waals surface area contributed by atoms with Crippen LogP contribution in [-0.4, -0.2) is 22.5 Å². The molecule has 1 atom stereocenters. The molecule has 0 fully saturated rings. The van der Waals surface area contributed by atoms with Gasteiger partial charge in [0.25, 0.3) is 0 Å². The summed E-state index contributed by atoms with van der Waals surface area (Å²) in [6, 6.07) is 3.74. The number of carbonyl (C=O) groups excluding carboxylic acids is 1. The summed E-state index contributed by atoms with van der Waals surface area (Å²) in [7, 11) is 0. The number of hydrogen-bond donors (Lipinski definition) is 3. The molecule has 0 aliphatic heterocycles. The second-order valence-corrected chi connectivity index (χ2v) is 5.04. The monoisotopic (exact) mass is 223 g/mol. The highest BCUT2D eigenvalue weighted by Gasteiger charge is 2.18. The highest BCUT2D eigenvalue weighted by Crippen LogP contribution is 2.00. The van der Waals surface area contributed by atoms with Crippen molar-refractivity contribution in [2.75, 3.05) is 0 Å². The summed E-state index contributed by atoms with van der Waals surface area (Å²) >= 11 is 0. The molecule has 0 bridgehead atoms. The van der Waals surface area contributed by atoms with Crippen molar-refractivity contribution in [3.8, 4) is 0 Å². The lowest BCUT2D eigenvalue weighted by atomic mass is 10.1. The van der Waals surface area contributed by atoms with Crippen LogP contribution in [0.25, 0.3) is 0 Å². The zero-order valence-electron chi connectivity index (χ0n) is 10.4. The Balaban J connectivity index is 2.35. The fourth-order valence-corrected chi connectivity index (χ4v) is 1.31. The number of nitrogens with one attached hydrogen (secondary N) is 3. The van der Waals surface area contributed by atoms with Crippen LogP contribution < -0.4 is 10.6 Å². The van der Waals surface area contributed by atoms with Gasteiger partial charge < -0.3 is 15.6 Å². The second kappa shape index (κ2) is 5.16. The Morgan fingerprint density at radius 1 is 1.50 bits per heavy atom. The van der Waals surface area contributed by atoms with Gasteiger partial charge in [0.1, 0.15) is 0 Å². The van der Waals surface area contributed by atoms with E-state index in [0.29, 0.717) is 6.54 Å². The first-order chi connectivity index (χ1) is 7.38. The molecule has 0 radical (unpaired) electrons. The summed E-state index contributed by atoms with van der Waals surface area (Å²) < 4.78 is 0. The molecule has 0 aromatic carbocycles. The molecule has 1 unspecified atom stereocenters. The minimum atomic E-state index is -0.192. The average molecular weight is 223 g/mol. The Hall–Kier alpha value is -1.29. The third-order valence-electron chi connectivity index (χ3n) is 2.15. The van der Waals surface area contributed by atoms with E-state index in [1.807, 2.05) is 46.0 Å². The van der Waals surface area contributed by atoms with E-state index in [4.69, 9.17) is 0 Å². The van der Waals surface area contributed by atoms with E-state index in [1.54, 1.807) is 0 Å². The molecule has 4 heteroatoms. The minimum Gasteiger partial charge on any atom is -0.364 e. The van der Waals surface area contributed by atoms with E-state index in [-0.39, 0.29) is 17.5 Å². The standard InChI is InChI=1S/C12H21N3O/c1-9(11(16)15-12(2,3)4)14-8-10-6-5-7-13-10/h5-7,9,13-14H,8H2,1-4H3,(H,15,16). The van der Waals surface area contributed by atoms with Crippen LogP contribution in [0.2, 0.25) is 0 Å². The van der Waals surface area contributed by atoms with E-state index in [1.165, 1.54) is 0 Å². The van der Waals surface area contributed by atoms with Crippen molar-refractivity contribution in [2.45, 2.75) is 45.8 Å². The molecule has 16 heavy (non-hydrogen) atoms. The first-order valence-corrected chi connectivity index (χ1v) is 5.56. The largest absolute Gasteiger partial charge is 0.364 e. The zero-order valence-corrected chi connectivity index (χ0v) is 10.4. The van der Waals surface area contributed by atoms with Crippen LogP contribution in [0, 0.1) is 0 Å². The van der Waals surface area contributed by atoms with E-state index in [2.05, 4.69) is 15.6 Å². The molecule has 0 aliphatic carbocycles. The maximum atomic E-state index is 11.7. The molecule has 0 spiro atoms.